The molecule has 0 aliphatic heterocycles. The molecule has 0 saturated carbocycles. The van der Waals surface area contributed by atoms with Crippen molar-refractivity contribution in [2.75, 3.05) is 10.8 Å². The van der Waals surface area contributed by atoms with Crippen LogP contribution in [0.4, 0.5) is 10.1 Å². The molecular formula is C35H37ClFN3O4S. The number of nitrogens with zero attached hydrogens (tertiary/aromatic N) is 2. The van der Waals surface area contributed by atoms with Crippen LogP contribution in [0.2, 0.25) is 5.02 Å². The quantitative estimate of drug-likeness (QED) is 0.178. The average Bonchev–Trinajstić information content (AvgIpc) is 3.04. The van der Waals surface area contributed by atoms with Gasteiger partial charge in [0.15, 0.2) is 0 Å². The molecule has 2 atom stereocenters. The van der Waals surface area contributed by atoms with E-state index in [1.54, 1.807) is 55.5 Å². The van der Waals surface area contributed by atoms with E-state index in [1.807, 2.05) is 44.2 Å². The molecule has 0 spiro atoms. The minimum atomic E-state index is -4.25. The van der Waals surface area contributed by atoms with Crippen LogP contribution in [0.1, 0.15) is 37.0 Å². The first-order valence-electron chi connectivity index (χ1n) is 14.7. The highest BCUT2D eigenvalue weighted by molar-refractivity contribution is 7.92. The molecule has 0 aliphatic rings. The van der Waals surface area contributed by atoms with Gasteiger partial charge in [-0.25, -0.2) is 12.8 Å². The van der Waals surface area contributed by atoms with Crippen molar-refractivity contribution in [3.8, 4) is 0 Å². The topological polar surface area (TPSA) is 86.8 Å². The Hall–Kier alpha value is -4.21. The Labute approximate surface area is 269 Å². The minimum absolute atomic E-state index is 0.00221. The Balaban J connectivity index is 1.83. The summed E-state index contributed by atoms with van der Waals surface area (Å²) < 4.78 is 43.1. The van der Waals surface area contributed by atoms with Crippen LogP contribution >= 0.6 is 11.6 Å². The van der Waals surface area contributed by atoms with Gasteiger partial charge in [-0.15, -0.1) is 0 Å². The number of carbonyl (C=O) groups is 2. The number of rotatable bonds is 13. The number of hydrogen-bond donors (Lipinski definition) is 1. The third-order valence-electron chi connectivity index (χ3n) is 7.66. The molecule has 4 aromatic rings. The number of sulfonamides is 1. The number of carbonyl (C=O) groups excluding carboxylic acids is 2. The van der Waals surface area contributed by atoms with E-state index in [2.05, 4.69) is 5.32 Å². The zero-order chi connectivity index (χ0) is 32.6. The third-order valence-corrected chi connectivity index (χ3v) is 9.84. The van der Waals surface area contributed by atoms with Crippen LogP contribution in [0.25, 0.3) is 0 Å². The molecule has 45 heavy (non-hydrogen) atoms. The van der Waals surface area contributed by atoms with E-state index >= 15 is 0 Å². The molecular weight excluding hydrogens is 613 g/mol. The number of benzene rings is 4. The van der Waals surface area contributed by atoms with Crippen LogP contribution in [0.3, 0.4) is 0 Å². The highest BCUT2D eigenvalue weighted by Gasteiger charge is 2.35. The summed E-state index contributed by atoms with van der Waals surface area (Å²) in [4.78, 5) is 29.7. The van der Waals surface area contributed by atoms with Crippen molar-refractivity contribution in [2.24, 2.45) is 0 Å². The standard InChI is InChI=1S/C35H37ClFN3O4S/c1-4-25(2)38-35(42)33(22-27-12-7-5-8-13-27)39(23-28-18-20-29(37)21-19-28)34(41)24-40(32-17-11-16-31(36)26(32)3)45(43,44)30-14-9-6-10-15-30/h5-21,25,33H,4,22-24H2,1-3H3,(H,38,42). The van der Waals surface area contributed by atoms with E-state index in [9.17, 15) is 22.4 Å². The first-order valence-corrected chi connectivity index (χ1v) is 16.5. The maximum absolute atomic E-state index is 14.5. The van der Waals surface area contributed by atoms with Gasteiger partial charge >= 0.3 is 0 Å². The van der Waals surface area contributed by atoms with Gasteiger partial charge < -0.3 is 10.2 Å². The van der Waals surface area contributed by atoms with Gasteiger partial charge in [0.1, 0.15) is 18.4 Å². The molecule has 0 fully saturated rings. The van der Waals surface area contributed by atoms with Gasteiger partial charge in [0.05, 0.1) is 10.6 Å². The van der Waals surface area contributed by atoms with Gasteiger partial charge in [-0.1, -0.05) is 85.3 Å². The Morgan fingerprint density at radius 2 is 1.49 bits per heavy atom. The van der Waals surface area contributed by atoms with E-state index < -0.39 is 34.3 Å². The number of anilines is 1. The summed E-state index contributed by atoms with van der Waals surface area (Å²) in [6, 6.07) is 26.5. The van der Waals surface area contributed by atoms with Gasteiger partial charge in [-0.05, 0) is 73.4 Å². The molecule has 4 aromatic carbocycles. The van der Waals surface area contributed by atoms with Crippen LogP contribution in [0, 0.1) is 12.7 Å². The van der Waals surface area contributed by atoms with Crippen LogP contribution in [-0.2, 0) is 32.6 Å². The van der Waals surface area contributed by atoms with E-state index in [0.717, 1.165) is 9.87 Å². The minimum Gasteiger partial charge on any atom is -0.352 e. The predicted octanol–water partition coefficient (Wildman–Crippen LogP) is 6.54. The monoisotopic (exact) mass is 649 g/mol. The second-order valence-electron chi connectivity index (χ2n) is 10.9. The summed E-state index contributed by atoms with van der Waals surface area (Å²) in [6.45, 7) is 4.83. The van der Waals surface area contributed by atoms with Crippen LogP contribution in [-0.4, -0.2) is 43.8 Å². The average molecular weight is 650 g/mol. The van der Waals surface area contributed by atoms with Crippen molar-refractivity contribution < 1.29 is 22.4 Å². The second kappa shape index (κ2) is 15.2. The highest BCUT2D eigenvalue weighted by atomic mass is 35.5. The van der Waals surface area contributed by atoms with Crippen LogP contribution < -0.4 is 9.62 Å². The molecule has 0 heterocycles. The Morgan fingerprint density at radius 3 is 2.11 bits per heavy atom. The van der Waals surface area contributed by atoms with Gasteiger partial charge in [0.2, 0.25) is 11.8 Å². The van der Waals surface area contributed by atoms with Crippen molar-refractivity contribution in [1.29, 1.82) is 0 Å². The first kappa shape index (κ1) is 33.7. The number of nitrogens with one attached hydrogen (secondary N) is 1. The molecule has 0 aliphatic carbocycles. The summed E-state index contributed by atoms with van der Waals surface area (Å²) in [5, 5.41) is 3.33. The maximum atomic E-state index is 14.5. The van der Waals surface area contributed by atoms with E-state index in [0.29, 0.717) is 22.6 Å². The van der Waals surface area contributed by atoms with E-state index in [4.69, 9.17) is 11.6 Å². The maximum Gasteiger partial charge on any atom is 0.264 e. The number of hydrogen-bond acceptors (Lipinski definition) is 4. The fourth-order valence-electron chi connectivity index (χ4n) is 4.88. The molecule has 10 heteroatoms. The van der Waals surface area contributed by atoms with Crippen molar-refractivity contribution in [2.45, 2.75) is 57.1 Å². The molecule has 1 N–H and O–H groups in total. The summed E-state index contributed by atoms with van der Waals surface area (Å²) in [7, 11) is -4.25. The normalized spacial score (nSPS) is 12.6. The zero-order valence-corrected chi connectivity index (χ0v) is 27.1. The van der Waals surface area contributed by atoms with Crippen molar-refractivity contribution >= 4 is 39.1 Å². The number of halogens is 2. The van der Waals surface area contributed by atoms with Gasteiger partial charge in [0.25, 0.3) is 10.0 Å². The Morgan fingerprint density at radius 1 is 0.867 bits per heavy atom. The molecule has 0 saturated heterocycles. The van der Waals surface area contributed by atoms with Crippen LogP contribution in [0.15, 0.2) is 108 Å². The smallest absolute Gasteiger partial charge is 0.264 e. The third kappa shape index (κ3) is 8.49. The summed E-state index contributed by atoms with van der Waals surface area (Å²) in [6.07, 6.45) is 0.852. The Bertz CT molecular complexity index is 1700. The van der Waals surface area contributed by atoms with Crippen molar-refractivity contribution in [1.82, 2.24) is 10.2 Å². The lowest BCUT2D eigenvalue weighted by molar-refractivity contribution is -0.140. The van der Waals surface area contributed by atoms with E-state index in [1.165, 1.54) is 29.2 Å². The van der Waals surface area contributed by atoms with Gasteiger partial charge in [0, 0.05) is 24.0 Å². The molecule has 0 bridgehead atoms. The molecule has 2 unspecified atom stereocenters. The fraction of sp³-hybridized carbons (Fsp3) is 0.257. The van der Waals surface area contributed by atoms with Crippen LogP contribution in [0.5, 0.6) is 0 Å². The molecule has 0 aromatic heterocycles. The largest absolute Gasteiger partial charge is 0.352 e. The SMILES string of the molecule is CCC(C)NC(=O)C(Cc1ccccc1)N(Cc1ccc(F)cc1)C(=O)CN(c1cccc(Cl)c1C)S(=O)(=O)c1ccccc1. The highest BCUT2D eigenvalue weighted by Crippen LogP contribution is 2.31. The predicted molar refractivity (Wildman–Crippen MR) is 176 cm³/mol. The first-order chi connectivity index (χ1) is 21.5. The lowest BCUT2D eigenvalue weighted by Gasteiger charge is -2.34. The molecule has 236 valence electrons. The van der Waals surface area contributed by atoms with E-state index in [-0.39, 0.29) is 35.5 Å². The second-order valence-corrected chi connectivity index (χ2v) is 13.1. The molecule has 4 rings (SSSR count). The summed E-state index contributed by atoms with van der Waals surface area (Å²) in [5.74, 6) is -1.43. The van der Waals surface area contributed by atoms with Gasteiger partial charge in [-0.3, -0.25) is 13.9 Å². The number of amides is 2. The zero-order valence-electron chi connectivity index (χ0n) is 25.5. The fourth-order valence-corrected chi connectivity index (χ4v) is 6.54. The molecule has 2 amide bonds. The lowest BCUT2D eigenvalue weighted by Crippen LogP contribution is -2.54. The Kier molecular flexibility index (Phi) is 11.4. The molecule has 7 nitrogen and oxygen atoms in total. The van der Waals surface area contributed by atoms with Gasteiger partial charge in [-0.2, -0.15) is 0 Å². The van der Waals surface area contributed by atoms with Crippen molar-refractivity contribution in [3.05, 3.63) is 131 Å². The van der Waals surface area contributed by atoms with Crippen molar-refractivity contribution in [3.63, 3.8) is 0 Å². The summed E-state index contributed by atoms with van der Waals surface area (Å²) >= 11 is 6.42. The lowest BCUT2D eigenvalue weighted by atomic mass is 10.0. The summed E-state index contributed by atoms with van der Waals surface area (Å²) in [5.41, 5.74) is 2.12. The molecule has 0 radical (unpaired) electrons.